The molecule has 2 aromatic carbocycles. The van der Waals surface area contributed by atoms with Gasteiger partial charge in [0, 0.05) is 26.2 Å². The first-order valence-corrected chi connectivity index (χ1v) is 14.9. The number of ether oxygens (including phenoxy) is 4. The maximum absolute atomic E-state index is 13.2. The molecule has 0 atom stereocenters. The van der Waals surface area contributed by atoms with Gasteiger partial charge in [-0.2, -0.15) is 15.0 Å². The second-order valence-corrected chi connectivity index (χ2v) is 11.4. The van der Waals surface area contributed by atoms with Gasteiger partial charge < -0.3 is 28.7 Å². The fourth-order valence-corrected chi connectivity index (χ4v) is 5.96. The topological polar surface area (TPSA) is 102 Å². The highest BCUT2D eigenvalue weighted by Crippen LogP contribution is 2.36. The van der Waals surface area contributed by atoms with Gasteiger partial charge in [0.25, 0.3) is 5.91 Å². The standard InChI is InChI=1S/C29H30N6O5S2/c1-37-23-17-21(18-24-25(36)35(29(41)42-24)19-20-5-3-2-4-6-20)7-8-22(23)40-28-31-26(33-9-13-38-14-10-33)30-27(32-28)34-11-15-39-16-12-34/h2-8,17-18H,9-16,19H2,1H3. The molecule has 6 rings (SSSR count). The van der Waals surface area contributed by atoms with Crippen LogP contribution in [-0.2, 0) is 20.8 Å². The van der Waals surface area contributed by atoms with Crippen LogP contribution in [0.25, 0.3) is 6.08 Å². The molecule has 11 nitrogen and oxygen atoms in total. The van der Waals surface area contributed by atoms with Crippen molar-refractivity contribution in [2.75, 3.05) is 69.5 Å². The lowest BCUT2D eigenvalue weighted by Crippen LogP contribution is -2.40. The number of amides is 1. The lowest BCUT2D eigenvalue weighted by Gasteiger charge is -2.30. The molecule has 3 aliphatic rings. The van der Waals surface area contributed by atoms with Gasteiger partial charge in [-0.1, -0.05) is 60.4 Å². The molecule has 0 bridgehead atoms. The number of anilines is 2. The summed E-state index contributed by atoms with van der Waals surface area (Å²) in [6.45, 7) is 5.59. The van der Waals surface area contributed by atoms with E-state index in [-0.39, 0.29) is 11.9 Å². The molecule has 3 fully saturated rings. The van der Waals surface area contributed by atoms with Gasteiger partial charge in [0.15, 0.2) is 11.5 Å². The molecule has 218 valence electrons. The van der Waals surface area contributed by atoms with E-state index in [1.807, 2.05) is 48.5 Å². The Bertz CT molecular complexity index is 1440. The highest BCUT2D eigenvalue weighted by atomic mass is 32.2. The minimum Gasteiger partial charge on any atom is -0.493 e. The van der Waals surface area contributed by atoms with Crippen LogP contribution in [0.3, 0.4) is 0 Å². The number of hydrogen-bond donors (Lipinski definition) is 0. The summed E-state index contributed by atoms with van der Waals surface area (Å²) >= 11 is 6.80. The van der Waals surface area contributed by atoms with E-state index in [9.17, 15) is 4.79 Å². The number of hydrogen-bond acceptors (Lipinski definition) is 12. The minimum absolute atomic E-state index is 0.121. The van der Waals surface area contributed by atoms with Gasteiger partial charge >= 0.3 is 6.01 Å². The molecule has 0 unspecified atom stereocenters. The van der Waals surface area contributed by atoms with Crippen molar-refractivity contribution in [1.82, 2.24) is 19.9 Å². The second kappa shape index (κ2) is 13.0. The van der Waals surface area contributed by atoms with Crippen molar-refractivity contribution in [3.8, 4) is 17.5 Å². The highest BCUT2D eigenvalue weighted by Gasteiger charge is 2.32. The van der Waals surface area contributed by atoms with Gasteiger partial charge in [0.2, 0.25) is 11.9 Å². The Hall–Kier alpha value is -3.78. The first-order chi connectivity index (χ1) is 20.6. The van der Waals surface area contributed by atoms with E-state index in [1.54, 1.807) is 18.1 Å². The Morgan fingerprint density at radius 1 is 0.905 bits per heavy atom. The van der Waals surface area contributed by atoms with E-state index in [1.165, 1.54) is 11.8 Å². The second-order valence-electron chi connectivity index (χ2n) is 9.68. The normalized spacial score (nSPS) is 18.6. The smallest absolute Gasteiger partial charge is 0.328 e. The van der Waals surface area contributed by atoms with Crippen LogP contribution in [0.4, 0.5) is 11.9 Å². The molecule has 4 heterocycles. The van der Waals surface area contributed by atoms with Crippen molar-refractivity contribution < 1.29 is 23.7 Å². The van der Waals surface area contributed by atoms with Gasteiger partial charge in [-0.05, 0) is 29.3 Å². The third kappa shape index (κ3) is 6.49. The zero-order chi connectivity index (χ0) is 28.9. The molecule has 42 heavy (non-hydrogen) atoms. The number of thiocarbonyl (C=S) groups is 1. The van der Waals surface area contributed by atoms with Gasteiger partial charge in [-0.3, -0.25) is 9.69 Å². The molecule has 1 aromatic heterocycles. The monoisotopic (exact) mass is 606 g/mol. The van der Waals surface area contributed by atoms with Gasteiger partial charge in [0.1, 0.15) is 4.32 Å². The SMILES string of the molecule is COc1cc(C=C2SC(=S)N(Cc3ccccc3)C2=O)ccc1Oc1nc(N2CCOCC2)nc(N2CCOCC2)n1. The third-order valence-corrected chi connectivity index (χ3v) is 8.30. The van der Waals surface area contributed by atoms with E-state index < -0.39 is 0 Å². The lowest BCUT2D eigenvalue weighted by molar-refractivity contribution is -0.122. The Labute approximate surface area is 253 Å². The van der Waals surface area contributed by atoms with E-state index in [2.05, 4.69) is 19.8 Å². The summed E-state index contributed by atoms with van der Waals surface area (Å²) in [5.74, 6) is 1.88. The summed E-state index contributed by atoms with van der Waals surface area (Å²) in [4.78, 5) is 33.4. The summed E-state index contributed by atoms with van der Waals surface area (Å²) in [5, 5.41) is 0. The minimum atomic E-state index is -0.121. The fourth-order valence-electron chi connectivity index (χ4n) is 4.70. The lowest BCUT2D eigenvalue weighted by atomic mass is 10.1. The van der Waals surface area contributed by atoms with Crippen LogP contribution in [0.15, 0.2) is 53.4 Å². The molecule has 0 N–H and O–H groups in total. The van der Waals surface area contributed by atoms with Crippen LogP contribution < -0.4 is 19.3 Å². The number of nitrogens with zero attached hydrogens (tertiary/aromatic N) is 6. The van der Waals surface area contributed by atoms with Crippen molar-refractivity contribution >= 4 is 52.2 Å². The maximum Gasteiger partial charge on any atom is 0.328 e. The maximum atomic E-state index is 13.2. The van der Waals surface area contributed by atoms with Gasteiger partial charge in [-0.25, -0.2) is 0 Å². The Kier molecular flexibility index (Phi) is 8.79. The van der Waals surface area contributed by atoms with Crippen molar-refractivity contribution in [3.05, 3.63) is 64.6 Å². The van der Waals surface area contributed by atoms with Gasteiger partial charge in [-0.15, -0.1) is 0 Å². The number of thioether (sulfide) groups is 1. The van der Waals surface area contributed by atoms with E-state index >= 15 is 0 Å². The largest absolute Gasteiger partial charge is 0.493 e. The molecule has 0 aliphatic carbocycles. The van der Waals surface area contributed by atoms with Gasteiger partial charge in [0.05, 0.1) is 45.0 Å². The number of aromatic nitrogens is 3. The fraction of sp³-hybridized carbons (Fsp3) is 0.345. The zero-order valence-corrected chi connectivity index (χ0v) is 24.7. The van der Waals surface area contributed by atoms with Crippen molar-refractivity contribution in [2.45, 2.75) is 6.54 Å². The van der Waals surface area contributed by atoms with E-state index in [0.717, 1.165) is 11.1 Å². The summed E-state index contributed by atoms with van der Waals surface area (Å²) in [5.41, 5.74) is 1.79. The number of methoxy groups -OCH3 is 1. The van der Waals surface area contributed by atoms with Crippen molar-refractivity contribution in [3.63, 3.8) is 0 Å². The van der Waals surface area contributed by atoms with E-state index in [4.69, 9.17) is 36.1 Å². The molecule has 0 saturated carbocycles. The number of benzene rings is 2. The molecule has 1 amide bonds. The van der Waals surface area contributed by atoms with Crippen LogP contribution in [0.1, 0.15) is 11.1 Å². The molecule has 3 aromatic rings. The van der Waals surface area contributed by atoms with Crippen LogP contribution >= 0.6 is 24.0 Å². The summed E-state index contributed by atoms with van der Waals surface area (Å²) < 4.78 is 23.4. The molecule has 0 radical (unpaired) electrons. The molecular formula is C29H30N6O5S2. The zero-order valence-electron chi connectivity index (χ0n) is 23.1. The third-order valence-electron chi connectivity index (χ3n) is 6.92. The predicted molar refractivity (Wildman–Crippen MR) is 164 cm³/mol. The summed E-state index contributed by atoms with van der Waals surface area (Å²) in [6.07, 6.45) is 1.81. The first kappa shape index (κ1) is 28.3. The molecule has 3 saturated heterocycles. The Morgan fingerprint density at radius 2 is 1.55 bits per heavy atom. The number of carbonyl (C=O) groups excluding carboxylic acids is 1. The van der Waals surface area contributed by atoms with Crippen molar-refractivity contribution in [2.24, 2.45) is 0 Å². The van der Waals surface area contributed by atoms with E-state index in [0.29, 0.717) is 91.8 Å². The predicted octanol–water partition coefficient (Wildman–Crippen LogP) is 3.75. The number of carbonyl (C=O) groups is 1. The average Bonchev–Trinajstić information content (AvgIpc) is 3.30. The molecular weight excluding hydrogens is 576 g/mol. The van der Waals surface area contributed by atoms with Crippen LogP contribution in [0.5, 0.6) is 17.5 Å². The number of morpholine rings is 2. The Balaban J connectivity index is 1.23. The summed E-state index contributed by atoms with van der Waals surface area (Å²) in [7, 11) is 1.57. The quantitative estimate of drug-likeness (QED) is 0.276. The summed E-state index contributed by atoms with van der Waals surface area (Å²) in [6, 6.07) is 15.4. The average molecular weight is 607 g/mol. The first-order valence-electron chi connectivity index (χ1n) is 13.6. The van der Waals surface area contributed by atoms with Crippen LogP contribution in [0.2, 0.25) is 0 Å². The molecule has 0 spiro atoms. The van der Waals surface area contributed by atoms with Crippen LogP contribution in [-0.4, -0.2) is 89.8 Å². The highest BCUT2D eigenvalue weighted by molar-refractivity contribution is 8.26. The number of rotatable bonds is 8. The van der Waals surface area contributed by atoms with Crippen LogP contribution in [0, 0.1) is 0 Å². The Morgan fingerprint density at radius 3 is 2.17 bits per heavy atom. The van der Waals surface area contributed by atoms with Crippen molar-refractivity contribution in [1.29, 1.82) is 0 Å². The molecule has 3 aliphatic heterocycles. The molecule has 13 heteroatoms.